The topological polar surface area (TPSA) is 248 Å². The SMILES string of the molecule is CCCCC(CC)c1cc(=O)nc(NC(=O)NCCCN(CCCNC(=O)Nc2nc(=O)cc([C@@H](CC)CCCC)[nH]2)c2ccc(C(C#N)=C(C#N)C#N)cc2)[nH]1. The number of hydrogen-bond acceptors (Lipinski definition) is 10. The van der Waals surface area contributed by atoms with E-state index in [9.17, 15) is 35.0 Å². The van der Waals surface area contributed by atoms with Crippen molar-refractivity contribution < 1.29 is 9.59 Å². The molecule has 2 aromatic heterocycles. The molecule has 4 amide bonds. The van der Waals surface area contributed by atoms with Crippen LogP contribution in [0.4, 0.5) is 27.2 Å². The van der Waals surface area contributed by atoms with Gasteiger partial charge in [0.2, 0.25) is 11.9 Å². The van der Waals surface area contributed by atoms with Crippen LogP contribution in [0.2, 0.25) is 0 Å². The molecule has 1 aromatic carbocycles. The van der Waals surface area contributed by atoms with Crippen LogP contribution in [0, 0.1) is 34.0 Å². The van der Waals surface area contributed by atoms with Crippen LogP contribution in [0.3, 0.4) is 0 Å². The number of anilines is 3. The summed E-state index contributed by atoms with van der Waals surface area (Å²) < 4.78 is 0. The lowest BCUT2D eigenvalue weighted by molar-refractivity contribution is 0.251. The zero-order valence-corrected chi connectivity index (χ0v) is 33.3. The molecule has 16 heteroatoms. The molecule has 16 nitrogen and oxygen atoms in total. The Morgan fingerprint density at radius 2 is 1.16 bits per heavy atom. The number of H-pyrrole nitrogens is 2. The van der Waals surface area contributed by atoms with Crippen LogP contribution in [0.5, 0.6) is 0 Å². The summed E-state index contributed by atoms with van der Waals surface area (Å²) in [4.78, 5) is 66.3. The van der Waals surface area contributed by atoms with Gasteiger partial charge in [-0.3, -0.25) is 20.2 Å². The fourth-order valence-corrected chi connectivity index (χ4v) is 6.43. The van der Waals surface area contributed by atoms with E-state index in [4.69, 9.17) is 0 Å². The van der Waals surface area contributed by atoms with Crippen molar-refractivity contribution in [2.75, 3.05) is 41.7 Å². The number of carbonyl (C=O) groups excluding carboxylic acids is 2. The van der Waals surface area contributed by atoms with Crippen LogP contribution in [0.25, 0.3) is 5.57 Å². The molecule has 3 rings (SSSR count). The van der Waals surface area contributed by atoms with Crippen LogP contribution in [0.15, 0.2) is 51.6 Å². The number of amides is 4. The van der Waals surface area contributed by atoms with Gasteiger partial charge < -0.3 is 25.5 Å². The van der Waals surface area contributed by atoms with Crippen LogP contribution >= 0.6 is 0 Å². The first kappa shape index (κ1) is 44.9. The molecule has 1 unspecified atom stereocenters. The fourth-order valence-electron chi connectivity index (χ4n) is 6.43. The van der Waals surface area contributed by atoms with Gasteiger partial charge in [-0.2, -0.15) is 25.8 Å². The molecule has 2 heterocycles. The van der Waals surface area contributed by atoms with Crippen LogP contribution in [0.1, 0.15) is 121 Å². The summed E-state index contributed by atoms with van der Waals surface area (Å²) in [5.74, 6) is 0.475. The fraction of sp³-hybridized carbons (Fsp3) is 0.488. The predicted molar refractivity (Wildman–Crippen MR) is 221 cm³/mol. The molecule has 0 aliphatic carbocycles. The first-order valence-corrected chi connectivity index (χ1v) is 19.7. The number of aromatic amines is 2. The van der Waals surface area contributed by atoms with E-state index in [0.717, 1.165) is 68.4 Å². The quantitative estimate of drug-likeness (QED) is 0.0461. The number of allylic oxidation sites excluding steroid dienone is 2. The molecule has 0 spiro atoms. The Morgan fingerprint density at radius 1 is 0.702 bits per heavy atom. The second kappa shape index (κ2) is 24.1. The number of nitrogens with one attached hydrogen (secondary N) is 6. The molecule has 0 saturated carbocycles. The molecule has 2 atom stereocenters. The Kier molecular flexibility index (Phi) is 19.0. The van der Waals surface area contributed by atoms with Crippen LogP contribution in [-0.4, -0.2) is 58.2 Å². The molecule has 3 aromatic rings. The lowest BCUT2D eigenvalue weighted by Gasteiger charge is -2.25. The van der Waals surface area contributed by atoms with Gasteiger partial charge in [-0.05, 0) is 68.1 Å². The molecule has 0 radical (unpaired) electrons. The van der Waals surface area contributed by atoms with E-state index in [2.05, 4.69) is 68.9 Å². The Hall–Kier alpha value is -6.47. The maximum Gasteiger partial charge on any atom is 0.321 e. The van der Waals surface area contributed by atoms with E-state index in [1.807, 2.05) is 11.0 Å². The summed E-state index contributed by atoms with van der Waals surface area (Å²) in [5.41, 5.74) is 1.52. The summed E-state index contributed by atoms with van der Waals surface area (Å²) in [6, 6.07) is 14.3. The third kappa shape index (κ3) is 14.6. The third-order valence-corrected chi connectivity index (χ3v) is 9.56. The number of unbranched alkanes of at least 4 members (excludes halogenated alkanes) is 2. The van der Waals surface area contributed by atoms with Crippen LogP contribution < -0.4 is 37.3 Å². The van der Waals surface area contributed by atoms with Gasteiger partial charge >= 0.3 is 12.1 Å². The van der Waals surface area contributed by atoms with Crippen molar-refractivity contribution in [3.8, 4) is 18.2 Å². The lowest BCUT2D eigenvalue weighted by Crippen LogP contribution is -2.35. The smallest absolute Gasteiger partial charge is 0.321 e. The molecule has 6 N–H and O–H groups in total. The van der Waals surface area contributed by atoms with Crippen molar-refractivity contribution >= 4 is 35.2 Å². The Balaban J connectivity index is 1.65. The second-order valence-electron chi connectivity index (χ2n) is 13.6. The largest absolute Gasteiger partial charge is 0.371 e. The Labute approximate surface area is 333 Å². The number of nitrogens with zero attached hydrogens (tertiary/aromatic N) is 6. The second-order valence-corrected chi connectivity index (χ2v) is 13.6. The average Bonchev–Trinajstić information content (AvgIpc) is 3.19. The summed E-state index contributed by atoms with van der Waals surface area (Å²) >= 11 is 0. The van der Waals surface area contributed by atoms with Gasteiger partial charge in [0.1, 0.15) is 23.8 Å². The van der Waals surface area contributed by atoms with E-state index in [1.165, 1.54) is 12.1 Å². The molecule has 302 valence electrons. The first-order valence-electron chi connectivity index (χ1n) is 19.7. The van der Waals surface area contributed by atoms with Crippen molar-refractivity contribution in [1.82, 2.24) is 30.6 Å². The number of aromatic nitrogens is 4. The number of hydrogen-bond donors (Lipinski definition) is 6. The van der Waals surface area contributed by atoms with Crippen molar-refractivity contribution in [3.63, 3.8) is 0 Å². The minimum absolute atomic E-state index is 0.0244. The molecule has 0 bridgehead atoms. The number of benzene rings is 1. The zero-order valence-electron chi connectivity index (χ0n) is 33.3. The van der Waals surface area contributed by atoms with E-state index >= 15 is 0 Å². The van der Waals surface area contributed by atoms with E-state index < -0.39 is 23.2 Å². The number of nitriles is 3. The minimum Gasteiger partial charge on any atom is -0.371 e. The average molecular weight is 779 g/mol. The zero-order chi connectivity index (χ0) is 41.6. The highest BCUT2D eigenvalue weighted by molar-refractivity contribution is 5.88. The minimum atomic E-state index is -0.517. The summed E-state index contributed by atoms with van der Waals surface area (Å²) in [6.07, 6.45) is 8.69. The molecule has 0 saturated heterocycles. The number of rotatable bonds is 22. The number of carbonyl (C=O) groups is 2. The van der Waals surface area contributed by atoms with E-state index in [1.54, 1.807) is 36.4 Å². The molecule has 57 heavy (non-hydrogen) atoms. The van der Waals surface area contributed by atoms with Gasteiger partial charge in [0.05, 0.1) is 5.57 Å². The van der Waals surface area contributed by atoms with Crippen LogP contribution in [-0.2, 0) is 0 Å². The normalized spacial score (nSPS) is 11.5. The highest BCUT2D eigenvalue weighted by Crippen LogP contribution is 2.25. The molecule has 0 aliphatic heterocycles. The van der Waals surface area contributed by atoms with Gasteiger partial charge in [0, 0.05) is 55.4 Å². The van der Waals surface area contributed by atoms with Gasteiger partial charge in [0.25, 0.3) is 11.1 Å². The third-order valence-electron chi connectivity index (χ3n) is 9.56. The van der Waals surface area contributed by atoms with Crippen molar-refractivity contribution in [2.24, 2.45) is 0 Å². The maximum atomic E-state index is 12.8. The highest BCUT2D eigenvalue weighted by atomic mass is 16.2. The summed E-state index contributed by atoms with van der Waals surface area (Å²) in [6.45, 7) is 9.90. The standard InChI is InChI=1S/C41H54N12O4/c1-5-9-13-28(7-3)34-23-36(54)49-38(47-34)51-40(56)45-19-11-21-53(32-17-15-30(16-18-32)33(27-44)31(25-42)26-43)22-12-20-46-41(57)52-39-48-35(24-37(55)50-39)29(8-4)14-10-6-2/h15-18,23-24,28-29H,5-14,19-22H2,1-4H3,(H3,45,47,49,51,54,56)(H3,46,48,50,52,55,57)/t28-,29?/m0/s1. The van der Waals surface area contributed by atoms with E-state index in [-0.39, 0.29) is 48.0 Å². The monoisotopic (exact) mass is 778 g/mol. The van der Waals surface area contributed by atoms with Gasteiger partial charge in [0.15, 0.2) is 0 Å². The summed E-state index contributed by atoms with van der Waals surface area (Å²) in [7, 11) is 0. The van der Waals surface area contributed by atoms with E-state index in [0.29, 0.717) is 31.5 Å². The number of urea groups is 2. The Morgan fingerprint density at radius 3 is 1.54 bits per heavy atom. The summed E-state index contributed by atoms with van der Waals surface area (Å²) in [5, 5.41) is 39.1. The molecular weight excluding hydrogens is 725 g/mol. The van der Waals surface area contributed by atoms with Crippen molar-refractivity contribution in [2.45, 2.75) is 104 Å². The first-order chi connectivity index (χ1) is 27.6. The molecule has 0 aliphatic rings. The van der Waals surface area contributed by atoms with Gasteiger partial charge in [-0.15, -0.1) is 0 Å². The maximum absolute atomic E-state index is 12.8. The highest BCUT2D eigenvalue weighted by Gasteiger charge is 2.16. The van der Waals surface area contributed by atoms with Gasteiger partial charge in [-0.25, -0.2) is 9.59 Å². The molecule has 0 fully saturated rings. The lowest BCUT2D eigenvalue weighted by atomic mass is 9.96. The van der Waals surface area contributed by atoms with Crippen molar-refractivity contribution in [3.05, 3.63) is 79.6 Å². The predicted octanol–water partition coefficient (Wildman–Crippen LogP) is 6.78. The van der Waals surface area contributed by atoms with Gasteiger partial charge in [-0.1, -0.05) is 65.5 Å². The van der Waals surface area contributed by atoms with Crippen molar-refractivity contribution in [1.29, 1.82) is 15.8 Å². The Bertz CT molecular complexity index is 1940. The molecular formula is C41H54N12O4.